The average molecular weight is 353 g/mol. The molecule has 0 unspecified atom stereocenters. The summed E-state index contributed by atoms with van der Waals surface area (Å²) in [6.07, 6.45) is 0. The molecule has 0 aliphatic carbocycles. The summed E-state index contributed by atoms with van der Waals surface area (Å²) in [5, 5.41) is 2.90. The van der Waals surface area contributed by atoms with E-state index in [9.17, 15) is 13.2 Å². The van der Waals surface area contributed by atoms with Crippen molar-refractivity contribution in [2.75, 3.05) is 4.72 Å². The van der Waals surface area contributed by atoms with E-state index in [0.717, 1.165) is 0 Å². The maximum Gasteiger partial charge on any atom is 0.261 e. The molecular formula is C16H17ClN2O3S. The summed E-state index contributed by atoms with van der Waals surface area (Å²) in [6.45, 7) is 3.70. The minimum Gasteiger partial charge on any atom is -0.350 e. The minimum atomic E-state index is -3.72. The van der Waals surface area contributed by atoms with Crippen LogP contribution in [0, 0.1) is 0 Å². The smallest absolute Gasteiger partial charge is 0.261 e. The number of rotatable bonds is 5. The molecule has 23 heavy (non-hydrogen) atoms. The lowest BCUT2D eigenvalue weighted by Crippen LogP contribution is -2.30. The molecule has 0 fully saturated rings. The lowest BCUT2D eigenvalue weighted by Gasteiger charge is -2.12. The van der Waals surface area contributed by atoms with Crippen LogP contribution in [0.1, 0.15) is 24.2 Å². The Balaban J connectivity index is 2.24. The van der Waals surface area contributed by atoms with Crippen LogP contribution in [0.3, 0.4) is 0 Å². The summed E-state index contributed by atoms with van der Waals surface area (Å²) in [5.41, 5.74) is 0.586. The lowest BCUT2D eigenvalue weighted by molar-refractivity contribution is 0.0943. The van der Waals surface area contributed by atoms with E-state index in [2.05, 4.69) is 10.0 Å². The first kappa shape index (κ1) is 17.3. The summed E-state index contributed by atoms with van der Waals surface area (Å²) in [7, 11) is -3.72. The molecule has 122 valence electrons. The van der Waals surface area contributed by atoms with E-state index in [0.29, 0.717) is 5.56 Å². The molecule has 0 atom stereocenters. The topological polar surface area (TPSA) is 75.3 Å². The number of nitrogens with one attached hydrogen (secondary N) is 2. The van der Waals surface area contributed by atoms with Gasteiger partial charge in [-0.1, -0.05) is 29.8 Å². The maximum absolute atomic E-state index is 12.3. The van der Waals surface area contributed by atoms with Crippen molar-refractivity contribution in [2.45, 2.75) is 24.8 Å². The van der Waals surface area contributed by atoms with Crippen LogP contribution in [-0.4, -0.2) is 20.4 Å². The quantitative estimate of drug-likeness (QED) is 0.867. The second-order valence-corrected chi connectivity index (χ2v) is 7.33. The SMILES string of the molecule is CC(C)NC(=O)c1ccc(NS(=O)(=O)c2ccccc2)c(Cl)c1. The summed E-state index contributed by atoms with van der Waals surface area (Å²) in [4.78, 5) is 12.1. The molecule has 0 aliphatic rings. The highest BCUT2D eigenvalue weighted by Crippen LogP contribution is 2.25. The number of halogens is 1. The van der Waals surface area contributed by atoms with Gasteiger partial charge in [0.25, 0.3) is 15.9 Å². The fourth-order valence-electron chi connectivity index (χ4n) is 1.89. The molecule has 0 spiro atoms. The Morgan fingerprint density at radius 2 is 1.74 bits per heavy atom. The molecule has 7 heteroatoms. The van der Waals surface area contributed by atoms with E-state index in [1.165, 1.54) is 30.3 Å². The molecule has 5 nitrogen and oxygen atoms in total. The molecule has 1 amide bonds. The Morgan fingerprint density at radius 1 is 1.09 bits per heavy atom. The van der Waals surface area contributed by atoms with Crippen molar-refractivity contribution >= 4 is 33.2 Å². The number of benzene rings is 2. The molecule has 0 saturated heterocycles. The van der Waals surface area contributed by atoms with Crippen molar-refractivity contribution < 1.29 is 13.2 Å². The minimum absolute atomic E-state index is 0.00228. The van der Waals surface area contributed by atoms with Crippen LogP contribution in [0.25, 0.3) is 0 Å². The predicted octanol–water partition coefficient (Wildman–Crippen LogP) is 3.28. The van der Waals surface area contributed by atoms with Crippen molar-refractivity contribution in [3.05, 3.63) is 59.1 Å². The zero-order chi connectivity index (χ0) is 17.0. The van der Waals surface area contributed by atoms with Crippen LogP contribution in [0.5, 0.6) is 0 Å². The summed E-state index contributed by atoms with van der Waals surface area (Å²) in [6, 6.07) is 12.4. The molecule has 0 radical (unpaired) electrons. The third-order valence-electron chi connectivity index (χ3n) is 2.95. The van der Waals surface area contributed by atoms with Crippen molar-refractivity contribution in [1.29, 1.82) is 0 Å². The molecule has 2 aromatic rings. The van der Waals surface area contributed by atoms with E-state index in [1.807, 2.05) is 13.8 Å². The van der Waals surface area contributed by atoms with Crippen LogP contribution in [-0.2, 0) is 10.0 Å². The van der Waals surface area contributed by atoms with Gasteiger partial charge < -0.3 is 5.32 Å². The van der Waals surface area contributed by atoms with Crippen LogP contribution < -0.4 is 10.0 Å². The number of hydrogen-bond donors (Lipinski definition) is 2. The second kappa shape index (κ2) is 7.02. The van der Waals surface area contributed by atoms with Gasteiger partial charge >= 0.3 is 0 Å². The first-order valence-electron chi connectivity index (χ1n) is 6.98. The predicted molar refractivity (Wildman–Crippen MR) is 91.3 cm³/mol. The molecule has 0 aromatic heterocycles. The molecule has 2 aromatic carbocycles. The van der Waals surface area contributed by atoms with Crippen molar-refractivity contribution in [2.24, 2.45) is 0 Å². The summed E-state index contributed by atoms with van der Waals surface area (Å²) < 4.78 is 27.0. The zero-order valence-corrected chi connectivity index (χ0v) is 14.3. The fraction of sp³-hybridized carbons (Fsp3) is 0.188. The maximum atomic E-state index is 12.3. The molecule has 0 heterocycles. The molecule has 0 bridgehead atoms. The molecule has 2 N–H and O–H groups in total. The Labute approximate surface area is 140 Å². The van der Waals surface area contributed by atoms with Gasteiger partial charge in [0, 0.05) is 11.6 Å². The third-order valence-corrected chi connectivity index (χ3v) is 4.64. The molecule has 2 rings (SSSR count). The van der Waals surface area contributed by atoms with Crippen molar-refractivity contribution in [3.63, 3.8) is 0 Å². The summed E-state index contributed by atoms with van der Waals surface area (Å²) >= 11 is 6.10. The number of carbonyl (C=O) groups excluding carboxylic acids is 1. The highest BCUT2D eigenvalue weighted by molar-refractivity contribution is 7.92. The van der Waals surface area contributed by atoms with Gasteiger partial charge in [-0.2, -0.15) is 0 Å². The number of anilines is 1. The Hall–Kier alpha value is -2.05. The fourth-order valence-corrected chi connectivity index (χ4v) is 3.27. The van der Waals surface area contributed by atoms with Gasteiger partial charge in [-0.3, -0.25) is 9.52 Å². The lowest BCUT2D eigenvalue weighted by atomic mass is 10.2. The first-order valence-corrected chi connectivity index (χ1v) is 8.84. The second-order valence-electron chi connectivity index (χ2n) is 5.24. The number of amides is 1. The van der Waals surface area contributed by atoms with Crippen LogP contribution in [0.4, 0.5) is 5.69 Å². The van der Waals surface area contributed by atoms with Gasteiger partial charge in [-0.05, 0) is 44.2 Å². The number of carbonyl (C=O) groups is 1. The first-order chi connectivity index (χ1) is 10.8. The highest BCUT2D eigenvalue weighted by atomic mass is 35.5. The van der Waals surface area contributed by atoms with Gasteiger partial charge in [-0.15, -0.1) is 0 Å². The highest BCUT2D eigenvalue weighted by Gasteiger charge is 2.16. The third kappa shape index (κ3) is 4.46. The van der Waals surface area contributed by atoms with Crippen molar-refractivity contribution in [3.8, 4) is 0 Å². The Morgan fingerprint density at radius 3 is 2.30 bits per heavy atom. The number of sulfonamides is 1. The normalized spacial score (nSPS) is 11.3. The van der Waals surface area contributed by atoms with Gasteiger partial charge in [-0.25, -0.2) is 8.42 Å². The van der Waals surface area contributed by atoms with E-state index in [1.54, 1.807) is 18.2 Å². The van der Waals surface area contributed by atoms with Gasteiger partial charge in [0.1, 0.15) is 0 Å². The van der Waals surface area contributed by atoms with Crippen molar-refractivity contribution in [1.82, 2.24) is 5.32 Å². The molecule has 0 saturated carbocycles. The van der Waals surface area contributed by atoms with E-state index in [4.69, 9.17) is 11.6 Å². The number of hydrogen-bond acceptors (Lipinski definition) is 3. The van der Waals surface area contributed by atoms with Crippen LogP contribution in [0.15, 0.2) is 53.4 Å². The average Bonchev–Trinajstić information content (AvgIpc) is 2.49. The van der Waals surface area contributed by atoms with Gasteiger partial charge in [0.15, 0.2) is 0 Å². The Bertz CT molecular complexity index is 805. The van der Waals surface area contributed by atoms with E-state index >= 15 is 0 Å². The van der Waals surface area contributed by atoms with E-state index in [-0.39, 0.29) is 27.6 Å². The summed E-state index contributed by atoms with van der Waals surface area (Å²) in [5.74, 6) is -0.264. The standard InChI is InChI=1S/C16H17ClN2O3S/c1-11(2)18-16(20)12-8-9-15(14(17)10-12)19-23(21,22)13-6-4-3-5-7-13/h3-11,19H,1-2H3,(H,18,20). The largest absolute Gasteiger partial charge is 0.350 e. The van der Waals surface area contributed by atoms with Gasteiger partial charge in [0.2, 0.25) is 0 Å². The molecule has 0 aliphatic heterocycles. The van der Waals surface area contributed by atoms with Gasteiger partial charge in [0.05, 0.1) is 15.6 Å². The zero-order valence-electron chi connectivity index (χ0n) is 12.7. The van der Waals surface area contributed by atoms with Crippen LogP contribution >= 0.6 is 11.6 Å². The molecular weight excluding hydrogens is 336 g/mol. The van der Waals surface area contributed by atoms with Crippen LogP contribution in [0.2, 0.25) is 5.02 Å². The van der Waals surface area contributed by atoms with E-state index < -0.39 is 10.0 Å². The Kier molecular flexibility index (Phi) is 5.28. The monoisotopic (exact) mass is 352 g/mol.